The number of aromatic nitrogens is 1. The number of benzene rings is 1. The summed E-state index contributed by atoms with van der Waals surface area (Å²) in [4.78, 5) is 16.2. The van der Waals surface area contributed by atoms with Crippen molar-refractivity contribution in [2.75, 3.05) is 0 Å². The van der Waals surface area contributed by atoms with Gasteiger partial charge in [0.15, 0.2) is 0 Å². The molecule has 0 bridgehead atoms. The number of carbonyl (C=O) groups excluding carboxylic acids is 1. The van der Waals surface area contributed by atoms with Crippen LogP contribution >= 0.6 is 0 Å². The van der Waals surface area contributed by atoms with Crippen molar-refractivity contribution in [3.8, 4) is 11.1 Å². The molecule has 0 aliphatic carbocycles. The standard InChI is InChI=1S/C17H20N2O/c1-11(2)19-17(20)15-8-14(9-18-10-15)16-7-12(3)5-6-13(16)4/h5-11H,1-4H3,(H,19,20). The topological polar surface area (TPSA) is 42.0 Å². The molecular weight excluding hydrogens is 248 g/mol. The third-order valence-electron chi connectivity index (χ3n) is 3.12. The highest BCUT2D eigenvalue weighted by Gasteiger charge is 2.10. The van der Waals surface area contributed by atoms with Crippen molar-refractivity contribution in [2.24, 2.45) is 0 Å². The van der Waals surface area contributed by atoms with Crippen LogP contribution in [0, 0.1) is 13.8 Å². The summed E-state index contributed by atoms with van der Waals surface area (Å²) in [6, 6.07) is 8.31. The van der Waals surface area contributed by atoms with Crippen LogP contribution in [0.1, 0.15) is 35.3 Å². The van der Waals surface area contributed by atoms with Gasteiger partial charge in [-0.3, -0.25) is 9.78 Å². The number of amides is 1. The summed E-state index contributed by atoms with van der Waals surface area (Å²) in [6.07, 6.45) is 3.40. The third kappa shape index (κ3) is 3.23. The molecule has 0 radical (unpaired) electrons. The number of nitrogens with zero attached hydrogens (tertiary/aromatic N) is 1. The zero-order chi connectivity index (χ0) is 14.7. The molecule has 0 saturated heterocycles. The monoisotopic (exact) mass is 268 g/mol. The highest BCUT2D eigenvalue weighted by atomic mass is 16.1. The van der Waals surface area contributed by atoms with Crippen molar-refractivity contribution in [1.82, 2.24) is 10.3 Å². The number of pyridine rings is 1. The molecule has 0 saturated carbocycles. The van der Waals surface area contributed by atoms with E-state index >= 15 is 0 Å². The van der Waals surface area contributed by atoms with Gasteiger partial charge < -0.3 is 5.32 Å². The van der Waals surface area contributed by atoms with Crippen LogP contribution in [0.2, 0.25) is 0 Å². The molecule has 0 unspecified atom stereocenters. The quantitative estimate of drug-likeness (QED) is 0.925. The maximum absolute atomic E-state index is 12.0. The molecule has 3 nitrogen and oxygen atoms in total. The van der Waals surface area contributed by atoms with Gasteiger partial charge in [0.2, 0.25) is 0 Å². The summed E-state index contributed by atoms with van der Waals surface area (Å²) in [7, 11) is 0. The molecule has 1 amide bonds. The summed E-state index contributed by atoms with van der Waals surface area (Å²) >= 11 is 0. The summed E-state index contributed by atoms with van der Waals surface area (Å²) in [5.41, 5.74) is 5.07. The lowest BCUT2D eigenvalue weighted by Gasteiger charge is -2.11. The van der Waals surface area contributed by atoms with Gasteiger partial charge in [0, 0.05) is 24.0 Å². The highest BCUT2D eigenvalue weighted by Crippen LogP contribution is 2.24. The molecule has 0 atom stereocenters. The summed E-state index contributed by atoms with van der Waals surface area (Å²) in [6.45, 7) is 8.01. The Hall–Kier alpha value is -2.16. The lowest BCUT2D eigenvalue weighted by molar-refractivity contribution is 0.0943. The zero-order valence-corrected chi connectivity index (χ0v) is 12.4. The second-order valence-electron chi connectivity index (χ2n) is 5.41. The average molecular weight is 268 g/mol. The lowest BCUT2D eigenvalue weighted by Crippen LogP contribution is -2.30. The average Bonchev–Trinajstić information content (AvgIpc) is 2.41. The van der Waals surface area contributed by atoms with E-state index < -0.39 is 0 Å². The largest absolute Gasteiger partial charge is 0.350 e. The summed E-state index contributed by atoms with van der Waals surface area (Å²) in [5.74, 6) is -0.0837. The Morgan fingerprint density at radius 2 is 1.90 bits per heavy atom. The molecule has 0 aliphatic rings. The van der Waals surface area contributed by atoms with Gasteiger partial charge in [-0.15, -0.1) is 0 Å². The molecule has 2 aromatic rings. The van der Waals surface area contributed by atoms with Crippen molar-refractivity contribution in [3.05, 3.63) is 53.3 Å². The van der Waals surface area contributed by atoms with Crippen LogP contribution in [0.4, 0.5) is 0 Å². The number of nitrogens with one attached hydrogen (secondary N) is 1. The molecule has 3 heteroatoms. The van der Waals surface area contributed by atoms with Crippen LogP contribution in [-0.4, -0.2) is 16.9 Å². The van der Waals surface area contributed by atoms with Crippen molar-refractivity contribution >= 4 is 5.91 Å². The van der Waals surface area contributed by atoms with E-state index in [2.05, 4.69) is 42.3 Å². The van der Waals surface area contributed by atoms with Gasteiger partial charge in [0.05, 0.1) is 5.56 Å². The zero-order valence-electron chi connectivity index (χ0n) is 12.4. The fourth-order valence-electron chi connectivity index (χ4n) is 2.10. The maximum Gasteiger partial charge on any atom is 0.253 e. The molecule has 1 aromatic carbocycles. The number of rotatable bonds is 3. The van der Waals surface area contributed by atoms with E-state index in [4.69, 9.17) is 0 Å². The minimum Gasteiger partial charge on any atom is -0.350 e. The smallest absolute Gasteiger partial charge is 0.253 e. The number of carbonyl (C=O) groups is 1. The van der Waals surface area contributed by atoms with Gasteiger partial charge >= 0.3 is 0 Å². The van der Waals surface area contributed by atoms with Crippen LogP contribution in [0.15, 0.2) is 36.7 Å². The molecule has 2 rings (SSSR count). The Morgan fingerprint density at radius 3 is 2.60 bits per heavy atom. The van der Waals surface area contributed by atoms with Crippen molar-refractivity contribution in [2.45, 2.75) is 33.7 Å². The molecule has 0 spiro atoms. The first kappa shape index (κ1) is 14.3. The third-order valence-corrected chi connectivity index (χ3v) is 3.12. The predicted octanol–water partition coefficient (Wildman–Crippen LogP) is 3.50. The molecule has 1 N–H and O–H groups in total. The Labute approximate surface area is 120 Å². The number of aryl methyl sites for hydroxylation is 2. The van der Waals surface area contributed by atoms with Gasteiger partial charge in [-0.2, -0.15) is 0 Å². The minimum atomic E-state index is -0.0837. The van der Waals surface area contributed by atoms with Gasteiger partial charge in [0.1, 0.15) is 0 Å². The van der Waals surface area contributed by atoms with E-state index in [1.807, 2.05) is 19.9 Å². The molecule has 104 valence electrons. The Kier molecular flexibility index (Phi) is 4.18. The van der Waals surface area contributed by atoms with Crippen LogP contribution in [0.5, 0.6) is 0 Å². The van der Waals surface area contributed by atoms with Crippen LogP contribution in [-0.2, 0) is 0 Å². The number of hydrogen-bond acceptors (Lipinski definition) is 2. The second-order valence-corrected chi connectivity index (χ2v) is 5.41. The van der Waals surface area contributed by atoms with Gasteiger partial charge in [-0.25, -0.2) is 0 Å². The van der Waals surface area contributed by atoms with Crippen LogP contribution in [0.25, 0.3) is 11.1 Å². The predicted molar refractivity (Wildman–Crippen MR) is 81.7 cm³/mol. The van der Waals surface area contributed by atoms with Gasteiger partial charge in [-0.1, -0.05) is 23.8 Å². The van der Waals surface area contributed by atoms with Gasteiger partial charge in [-0.05, 0) is 44.9 Å². The van der Waals surface area contributed by atoms with Crippen molar-refractivity contribution < 1.29 is 4.79 Å². The Bertz CT molecular complexity index is 633. The minimum absolute atomic E-state index is 0.0837. The molecule has 1 heterocycles. The fraction of sp³-hybridized carbons (Fsp3) is 0.294. The first-order valence-electron chi connectivity index (χ1n) is 6.81. The van der Waals surface area contributed by atoms with Crippen LogP contribution < -0.4 is 5.32 Å². The van der Waals surface area contributed by atoms with E-state index in [1.165, 1.54) is 11.1 Å². The molecule has 1 aromatic heterocycles. The van der Waals surface area contributed by atoms with E-state index in [0.717, 1.165) is 11.1 Å². The second kappa shape index (κ2) is 5.87. The van der Waals surface area contributed by atoms with E-state index in [-0.39, 0.29) is 11.9 Å². The summed E-state index contributed by atoms with van der Waals surface area (Å²) < 4.78 is 0. The van der Waals surface area contributed by atoms with E-state index in [9.17, 15) is 4.79 Å². The Balaban J connectivity index is 2.39. The first-order valence-corrected chi connectivity index (χ1v) is 6.81. The normalized spacial score (nSPS) is 10.7. The number of hydrogen-bond donors (Lipinski definition) is 1. The Morgan fingerprint density at radius 1 is 1.15 bits per heavy atom. The fourth-order valence-corrected chi connectivity index (χ4v) is 2.10. The van der Waals surface area contributed by atoms with Crippen molar-refractivity contribution in [1.29, 1.82) is 0 Å². The molecular formula is C17H20N2O. The van der Waals surface area contributed by atoms with E-state index in [0.29, 0.717) is 5.56 Å². The van der Waals surface area contributed by atoms with Crippen molar-refractivity contribution in [3.63, 3.8) is 0 Å². The lowest BCUT2D eigenvalue weighted by atomic mass is 9.99. The molecule has 0 aliphatic heterocycles. The highest BCUT2D eigenvalue weighted by molar-refractivity contribution is 5.95. The maximum atomic E-state index is 12.0. The van der Waals surface area contributed by atoms with Gasteiger partial charge in [0.25, 0.3) is 5.91 Å². The summed E-state index contributed by atoms with van der Waals surface area (Å²) in [5, 5.41) is 2.88. The van der Waals surface area contributed by atoms with Crippen LogP contribution in [0.3, 0.4) is 0 Å². The van der Waals surface area contributed by atoms with E-state index in [1.54, 1.807) is 12.4 Å². The molecule has 20 heavy (non-hydrogen) atoms. The SMILES string of the molecule is Cc1ccc(C)c(-c2cncc(C(=O)NC(C)C)c2)c1. The first-order chi connectivity index (χ1) is 9.47. The molecule has 0 fully saturated rings.